The molecule has 0 radical (unpaired) electrons. The van der Waals surface area contributed by atoms with Gasteiger partial charge in [0, 0.05) is 26.1 Å². The second-order valence-electron chi connectivity index (χ2n) is 4.85. The van der Waals surface area contributed by atoms with E-state index < -0.39 is 11.7 Å². The summed E-state index contributed by atoms with van der Waals surface area (Å²) in [4.78, 5) is 27.2. The highest BCUT2D eigenvalue weighted by Gasteiger charge is 2.15. The van der Waals surface area contributed by atoms with Gasteiger partial charge in [-0.2, -0.15) is 0 Å². The average molecular weight is 270 g/mol. The molecule has 0 aliphatic heterocycles. The zero-order chi connectivity index (χ0) is 13.8. The van der Waals surface area contributed by atoms with Crippen LogP contribution in [0.15, 0.2) is 6.20 Å². The smallest absolute Gasteiger partial charge is 0.407 e. The van der Waals surface area contributed by atoms with Gasteiger partial charge in [0.15, 0.2) is 5.78 Å². The van der Waals surface area contributed by atoms with Gasteiger partial charge in [-0.05, 0) is 20.8 Å². The molecule has 18 heavy (non-hydrogen) atoms. The largest absolute Gasteiger partial charge is 0.444 e. The molecule has 0 saturated heterocycles. The maximum Gasteiger partial charge on any atom is 0.407 e. The molecule has 6 heteroatoms. The second kappa shape index (κ2) is 5.95. The van der Waals surface area contributed by atoms with E-state index in [2.05, 4.69) is 10.3 Å². The predicted molar refractivity (Wildman–Crippen MR) is 70.1 cm³/mol. The molecular weight excluding hydrogens is 252 g/mol. The Balaban J connectivity index is 2.33. The third kappa shape index (κ3) is 5.27. The maximum atomic E-state index is 11.4. The Morgan fingerprint density at radius 2 is 2.11 bits per heavy atom. The molecule has 1 aromatic rings. The highest BCUT2D eigenvalue weighted by molar-refractivity contribution is 7.13. The number of rotatable bonds is 4. The maximum absolute atomic E-state index is 11.4. The number of alkyl carbamates (subject to hydrolysis) is 1. The van der Waals surface area contributed by atoms with E-state index in [1.807, 2.05) is 20.8 Å². The molecule has 0 aliphatic rings. The van der Waals surface area contributed by atoms with E-state index in [0.29, 0.717) is 17.8 Å². The molecule has 1 amide bonds. The Labute approximate surface area is 111 Å². The van der Waals surface area contributed by atoms with Crippen LogP contribution in [0.5, 0.6) is 0 Å². The molecule has 0 unspecified atom stereocenters. The Bertz CT molecular complexity index is 435. The van der Waals surface area contributed by atoms with Gasteiger partial charge in [0.25, 0.3) is 0 Å². The molecule has 0 fully saturated rings. The molecule has 1 N–H and O–H groups in total. The van der Waals surface area contributed by atoms with E-state index >= 15 is 0 Å². The lowest BCUT2D eigenvalue weighted by molar-refractivity contribution is 0.0528. The molecule has 0 saturated carbocycles. The minimum atomic E-state index is -0.493. The quantitative estimate of drug-likeness (QED) is 0.853. The van der Waals surface area contributed by atoms with Crippen LogP contribution < -0.4 is 5.32 Å². The molecular formula is C12H18N2O3S. The Morgan fingerprint density at radius 3 is 2.61 bits per heavy atom. The summed E-state index contributed by atoms with van der Waals surface area (Å²) in [5, 5.41) is 3.48. The van der Waals surface area contributed by atoms with E-state index in [4.69, 9.17) is 4.74 Å². The fourth-order valence-electron chi connectivity index (χ4n) is 1.17. The van der Waals surface area contributed by atoms with Crippen molar-refractivity contribution in [1.29, 1.82) is 0 Å². The third-order valence-electron chi connectivity index (χ3n) is 1.91. The van der Waals surface area contributed by atoms with E-state index in [-0.39, 0.29) is 5.78 Å². The van der Waals surface area contributed by atoms with Crippen LogP contribution in [0.3, 0.4) is 0 Å². The Hall–Kier alpha value is -1.43. The first-order valence-electron chi connectivity index (χ1n) is 5.70. The van der Waals surface area contributed by atoms with E-state index in [1.165, 1.54) is 18.3 Å². The predicted octanol–water partition coefficient (Wildman–Crippen LogP) is 2.41. The van der Waals surface area contributed by atoms with Gasteiger partial charge in [0.1, 0.15) is 5.60 Å². The molecule has 0 bridgehead atoms. The monoisotopic (exact) mass is 270 g/mol. The molecule has 1 aromatic heterocycles. The van der Waals surface area contributed by atoms with Gasteiger partial charge in [0.05, 0.1) is 9.88 Å². The molecule has 0 spiro atoms. The highest BCUT2D eigenvalue weighted by atomic mass is 32.1. The number of ether oxygens (including phenoxy) is 1. The summed E-state index contributed by atoms with van der Waals surface area (Å²) in [6.07, 6.45) is 1.72. The number of hydrogen-bond acceptors (Lipinski definition) is 5. The van der Waals surface area contributed by atoms with Gasteiger partial charge >= 0.3 is 6.09 Å². The number of Topliss-reactive ketones (excluding diaryl/α,β-unsaturated/α-hetero) is 1. The summed E-state index contributed by atoms with van der Waals surface area (Å²) in [6.45, 7) is 7.39. The fraction of sp³-hybridized carbons (Fsp3) is 0.583. The number of carbonyl (C=O) groups is 2. The van der Waals surface area contributed by atoms with Gasteiger partial charge in [-0.25, -0.2) is 9.78 Å². The molecule has 100 valence electrons. The van der Waals surface area contributed by atoms with Crippen molar-refractivity contribution >= 4 is 23.2 Å². The van der Waals surface area contributed by atoms with Gasteiger partial charge in [-0.3, -0.25) is 4.79 Å². The van der Waals surface area contributed by atoms with Crippen LogP contribution >= 0.6 is 11.3 Å². The number of nitrogens with one attached hydrogen (secondary N) is 1. The summed E-state index contributed by atoms with van der Waals surface area (Å²) in [6, 6.07) is 0. The van der Waals surface area contributed by atoms with Crippen molar-refractivity contribution in [3.8, 4) is 0 Å². The van der Waals surface area contributed by atoms with Gasteiger partial charge in [-0.15, -0.1) is 11.3 Å². The van der Waals surface area contributed by atoms with Crippen molar-refractivity contribution in [2.75, 3.05) is 6.54 Å². The van der Waals surface area contributed by atoms with Crippen LogP contribution in [0, 0.1) is 0 Å². The summed E-state index contributed by atoms with van der Waals surface area (Å²) in [5.41, 5.74) is -0.493. The van der Waals surface area contributed by atoms with Gasteiger partial charge in [0.2, 0.25) is 0 Å². The van der Waals surface area contributed by atoms with Gasteiger partial charge < -0.3 is 10.1 Å². The van der Waals surface area contributed by atoms with Crippen molar-refractivity contribution in [2.24, 2.45) is 0 Å². The average Bonchev–Trinajstić information content (AvgIpc) is 2.63. The molecule has 5 nitrogen and oxygen atoms in total. The third-order valence-corrected chi connectivity index (χ3v) is 3.07. The molecule has 1 rings (SSSR count). The normalized spacial score (nSPS) is 11.1. The molecule has 0 atom stereocenters. The summed E-state index contributed by atoms with van der Waals surface area (Å²) >= 11 is 1.35. The van der Waals surface area contributed by atoms with Crippen LogP contribution in [-0.2, 0) is 11.2 Å². The number of aromatic nitrogens is 1. The van der Waals surface area contributed by atoms with Crippen molar-refractivity contribution in [2.45, 2.75) is 39.7 Å². The van der Waals surface area contributed by atoms with Crippen molar-refractivity contribution in [1.82, 2.24) is 10.3 Å². The second-order valence-corrected chi connectivity index (χ2v) is 5.97. The van der Waals surface area contributed by atoms with Crippen LogP contribution in [0.4, 0.5) is 4.79 Å². The fourth-order valence-corrected chi connectivity index (χ4v) is 1.99. The number of nitrogens with zero attached hydrogens (tertiary/aromatic N) is 1. The van der Waals surface area contributed by atoms with Gasteiger partial charge in [-0.1, -0.05) is 0 Å². The number of thiazole rings is 1. The molecule has 1 heterocycles. The lowest BCUT2D eigenvalue weighted by Crippen LogP contribution is -2.33. The first-order valence-corrected chi connectivity index (χ1v) is 6.52. The van der Waals surface area contributed by atoms with Crippen LogP contribution in [-0.4, -0.2) is 29.0 Å². The number of hydrogen-bond donors (Lipinski definition) is 1. The number of carbonyl (C=O) groups excluding carboxylic acids is 2. The lowest BCUT2D eigenvalue weighted by atomic mass is 10.2. The SMILES string of the molecule is CC(=O)c1cnc(CCNC(=O)OC(C)(C)C)s1. The Morgan fingerprint density at radius 1 is 1.44 bits per heavy atom. The van der Waals surface area contributed by atoms with Crippen molar-refractivity contribution < 1.29 is 14.3 Å². The summed E-state index contributed by atoms with van der Waals surface area (Å²) < 4.78 is 5.10. The topological polar surface area (TPSA) is 68.3 Å². The summed E-state index contributed by atoms with van der Waals surface area (Å²) in [5.74, 6) is 0.0128. The van der Waals surface area contributed by atoms with Crippen LogP contribution in [0.25, 0.3) is 0 Å². The Kier molecular flexibility index (Phi) is 4.84. The van der Waals surface area contributed by atoms with Crippen LogP contribution in [0.1, 0.15) is 42.4 Å². The standard InChI is InChI=1S/C12H18N2O3S/c1-8(15)9-7-14-10(18-9)5-6-13-11(16)17-12(2,3)4/h7H,5-6H2,1-4H3,(H,13,16). The first kappa shape index (κ1) is 14.6. The van der Waals surface area contributed by atoms with Crippen molar-refractivity contribution in [3.63, 3.8) is 0 Å². The zero-order valence-corrected chi connectivity index (χ0v) is 11.9. The summed E-state index contributed by atoms with van der Waals surface area (Å²) in [7, 11) is 0. The lowest BCUT2D eigenvalue weighted by Gasteiger charge is -2.19. The minimum Gasteiger partial charge on any atom is -0.444 e. The highest BCUT2D eigenvalue weighted by Crippen LogP contribution is 2.13. The van der Waals surface area contributed by atoms with Crippen LogP contribution in [0.2, 0.25) is 0 Å². The molecule has 0 aromatic carbocycles. The van der Waals surface area contributed by atoms with E-state index in [9.17, 15) is 9.59 Å². The molecule has 0 aliphatic carbocycles. The minimum absolute atomic E-state index is 0.0128. The number of ketones is 1. The zero-order valence-electron chi connectivity index (χ0n) is 11.1. The van der Waals surface area contributed by atoms with Crippen molar-refractivity contribution in [3.05, 3.63) is 16.1 Å². The number of amides is 1. The van der Waals surface area contributed by atoms with E-state index in [1.54, 1.807) is 6.20 Å². The van der Waals surface area contributed by atoms with E-state index in [0.717, 1.165) is 5.01 Å². The first-order chi connectivity index (χ1) is 8.28.